The summed E-state index contributed by atoms with van der Waals surface area (Å²) in [4.78, 5) is 10.8. The minimum absolute atomic E-state index is 0.0630. The number of phenolic OH excluding ortho intramolecular Hbond substituents is 1. The summed E-state index contributed by atoms with van der Waals surface area (Å²) in [5.74, 6) is 0.0630. The van der Waals surface area contributed by atoms with E-state index in [1.807, 2.05) is 6.07 Å². The Morgan fingerprint density at radius 2 is 1.90 bits per heavy atom. The van der Waals surface area contributed by atoms with Crippen molar-refractivity contribution in [2.75, 3.05) is 10.6 Å². The molecule has 104 valence electrons. The molecule has 0 spiro atoms. The minimum Gasteiger partial charge on any atom is -0.506 e. The lowest BCUT2D eigenvalue weighted by atomic mass is 10.2. The van der Waals surface area contributed by atoms with Gasteiger partial charge in [-0.1, -0.05) is 29.8 Å². The Labute approximate surface area is 121 Å². The van der Waals surface area contributed by atoms with Crippen molar-refractivity contribution in [1.29, 1.82) is 0 Å². The molecule has 5 nitrogen and oxygen atoms in total. The Balaban J connectivity index is 2.07. The number of primary amides is 1. The van der Waals surface area contributed by atoms with E-state index in [4.69, 9.17) is 17.3 Å². The number of rotatable bonds is 4. The van der Waals surface area contributed by atoms with Crippen LogP contribution in [0.15, 0.2) is 42.5 Å². The number of carbonyl (C=O) groups is 1. The molecule has 0 bridgehead atoms. The summed E-state index contributed by atoms with van der Waals surface area (Å²) in [6, 6.07) is 11.6. The number of halogens is 1. The lowest BCUT2D eigenvalue weighted by Gasteiger charge is -2.10. The molecule has 0 saturated carbocycles. The molecule has 6 heteroatoms. The van der Waals surface area contributed by atoms with Crippen molar-refractivity contribution in [1.82, 2.24) is 0 Å². The normalized spacial score (nSPS) is 10.1. The highest BCUT2D eigenvalue weighted by molar-refractivity contribution is 6.32. The molecule has 0 saturated heterocycles. The number of anilines is 2. The average molecular weight is 292 g/mol. The van der Waals surface area contributed by atoms with Gasteiger partial charge in [-0.15, -0.1) is 0 Å². The average Bonchev–Trinajstić information content (AvgIpc) is 2.40. The minimum atomic E-state index is -0.616. The number of para-hydroxylation sites is 1. The molecule has 0 heterocycles. The monoisotopic (exact) mass is 291 g/mol. The fourth-order valence-electron chi connectivity index (χ4n) is 1.75. The van der Waals surface area contributed by atoms with Crippen LogP contribution in [0.5, 0.6) is 5.75 Å². The van der Waals surface area contributed by atoms with Crippen molar-refractivity contribution in [3.8, 4) is 5.75 Å². The standard InChI is InChI=1S/C14H14ClN3O2/c15-12-6-1-3-9(13(12)19)8-17-10-4-2-5-11(7-10)18-14(16)20/h1-7,17,19H,8H2,(H3,16,18,20). The van der Waals surface area contributed by atoms with Crippen LogP contribution in [0, 0.1) is 0 Å². The highest BCUT2D eigenvalue weighted by atomic mass is 35.5. The summed E-state index contributed by atoms with van der Waals surface area (Å²) in [5, 5.41) is 15.7. The van der Waals surface area contributed by atoms with Gasteiger partial charge in [-0.05, 0) is 24.3 Å². The number of benzene rings is 2. The first kappa shape index (κ1) is 14.0. The summed E-state index contributed by atoms with van der Waals surface area (Å²) in [6.45, 7) is 0.409. The lowest BCUT2D eigenvalue weighted by Crippen LogP contribution is -2.19. The van der Waals surface area contributed by atoms with E-state index < -0.39 is 6.03 Å². The number of urea groups is 1. The van der Waals surface area contributed by atoms with Crippen LogP contribution in [0.1, 0.15) is 5.56 Å². The Morgan fingerprint density at radius 3 is 2.65 bits per heavy atom. The van der Waals surface area contributed by atoms with Gasteiger partial charge in [0.1, 0.15) is 5.75 Å². The molecule has 2 amide bonds. The number of amides is 2. The second-order valence-corrected chi connectivity index (χ2v) is 4.58. The fourth-order valence-corrected chi connectivity index (χ4v) is 1.94. The molecule has 0 aliphatic heterocycles. The number of aromatic hydroxyl groups is 1. The number of carbonyl (C=O) groups excluding carboxylic acids is 1. The Kier molecular flexibility index (Phi) is 4.32. The van der Waals surface area contributed by atoms with Gasteiger partial charge in [0.15, 0.2) is 0 Å². The van der Waals surface area contributed by atoms with Gasteiger partial charge in [0, 0.05) is 23.5 Å². The second-order valence-electron chi connectivity index (χ2n) is 4.17. The highest BCUT2D eigenvalue weighted by Crippen LogP contribution is 2.27. The maximum Gasteiger partial charge on any atom is 0.316 e. The second kappa shape index (κ2) is 6.16. The van der Waals surface area contributed by atoms with Crippen LogP contribution >= 0.6 is 11.6 Å². The van der Waals surface area contributed by atoms with Gasteiger partial charge in [0.25, 0.3) is 0 Å². The first-order valence-electron chi connectivity index (χ1n) is 5.93. The number of phenols is 1. The van der Waals surface area contributed by atoms with E-state index in [2.05, 4.69) is 10.6 Å². The predicted octanol–water partition coefficient (Wildman–Crippen LogP) is 3.15. The van der Waals surface area contributed by atoms with Gasteiger partial charge in [-0.2, -0.15) is 0 Å². The molecule has 0 fully saturated rings. The third-order valence-corrected chi connectivity index (χ3v) is 2.99. The van der Waals surface area contributed by atoms with Gasteiger partial charge in [0.2, 0.25) is 0 Å². The molecule has 0 aliphatic carbocycles. The van der Waals surface area contributed by atoms with Crippen molar-refractivity contribution >= 4 is 29.0 Å². The molecule has 2 aromatic rings. The van der Waals surface area contributed by atoms with E-state index in [0.717, 1.165) is 5.69 Å². The van der Waals surface area contributed by atoms with Crippen LogP contribution in [-0.2, 0) is 6.54 Å². The van der Waals surface area contributed by atoms with Crippen LogP contribution in [0.2, 0.25) is 5.02 Å². The number of hydrogen-bond acceptors (Lipinski definition) is 3. The molecule has 0 atom stereocenters. The van der Waals surface area contributed by atoms with Crippen LogP contribution in [0.25, 0.3) is 0 Å². The summed E-state index contributed by atoms with van der Waals surface area (Å²) in [7, 11) is 0. The predicted molar refractivity (Wildman–Crippen MR) is 80.1 cm³/mol. The van der Waals surface area contributed by atoms with Gasteiger partial charge >= 0.3 is 6.03 Å². The molecule has 0 unspecified atom stereocenters. The zero-order chi connectivity index (χ0) is 14.5. The van der Waals surface area contributed by atoms with Crippen molar-refractivity contribution in [3.05, 3.63) is 53.1 Å². The molecule has 0 aliphatic rings. The summed E-state index contributed by atoms with van der Waals surface area (Å²) < 4.78 is 0. The van der Waals surface area contributed by atoms with Crippen LogP contribution in [-0.4, -0.2) is 11.1 Å². The van der Waals surface area contributed by atoms with Gasteiger partial charge in [-0.25, -0.2) is 4.79 Å². The third-order valence-electron chi connectivity index (χ3n) is 2.68. The summed E-state index contributed by atoms with van der Waals surface area (Å²) in [6.07, 6.45) is 0. The van der Waals surface area contributed by atoms with E-state index in [1.165, 1.54) is 0 Å². The molecule has 2 rings (SSSR count). The smallest absolute Gasteiger partial charge is 0.316 e. The zero-order valence-corrected chi connectivity index (χ0v) is 11.3. The third kappa shape index (κ3) is 3.55. The molecule has 0 radical (unpaired) electrons. The Bertz CT molecular complexity index is 632. The topological polar surface area (TPSA) is 87.4 Å². The van der Waals surface area contributed by atoms with Gasteiger partial charge in [0.05, 0.1) is 5.02 Å². The molecule has 2 aromatic carbocycles. The quantitative estimate of drug-likeness (QED) is 0.698. The van der Waals surface area contributed by atoms with Gasteiger partial charge < -0.3 is 21.5 Å². The van der Waals surface area contributed by atoms with E-state index in [9.17, 15) is 9.90 Å². The molecular formula is C14H14ClN3O2. The number of nitrogens with one attached hydrogen (secondary N) is 2. The van der Waals surface area contributed by atoms with E-state index in [-0.39, 0.29) is 5.75 Å². The maximum absolute atomic E-state index is 10.8. The van der Waals surface area contributed by atoms with Gasteiger partial charge in [-0.3, -0.25) is 0 Å². The van der Waals surface area contributed by atoms with Crippen molar-refractivity contribution in [3.63, 3.8) is 0 Å². The van der Waals surface area contributed by atoms with Crippen LogP contribution < -0.4 is 16.4 Å². The summed E-state index contributed by atoms with van der Waals surface area (Å²) >= 11 is 5.84. The van der Waals surface area contributed by atoms with E-state index in [0.29, 0.717) is 22.8 Å². The molecule has 5 N–H and O–H groups in total. The van der Waals surface area contributed by atoms with Crippen LogP contribution in [0.4, 0.5) is 16.2 Å². The lowest BCUT2D eigenvalue weighted by molar-refractivity contribution is 0.259. The van der Waals surface area contributed by atoms with Crippen molar-refractivity contribution in [2.45, 2.75) is 6.54 Å². The SMILES string of the molecule is NC(=O)Nc1cccc(NCc2cccc(Cl)c2O)c1. The van der Waals surface area contributed by atoms with Crippen LogP contribution in [0.3, 0.4) is 0 Å². The maximum atomic E-state index is 10.8. The summed E-state index contributed by atoms with van der Waals surface area (Å²) in [5.41, 5.74) is 7.13. The van der Waals surface area contributed by atoms with E-state index >= 15 is 0 Å². The Morgan fingerprint density at radius 1 is 1.20 bits per heavy atom. The molecule has 0 aromatic heterocycles. The van der Waals surface area contributed by atoms with E-state index in [1.54, 1.807) is 36.4 Å². The molecule has 20 heavy (non-hydrogen) atoms. The highest BCUT2D eigenvalue weighted by Gasteiger charge is 2.05. The largest absolute Gasteiger partial charge is 0.506 e. The fraction of sp³-hybridized carbons (Fsp3) is 0.0714. The van der Waals surface area contributed by atoms with Crippen molar-refractivity contribution < 1.29 is 9.90 Å². The van der Waals surface area contributed by atoms with Crippen molar-refractivity contribution in [2.24, 2.45) is 5.73 Å². The Hall–Kier alpha value is -2.40. The zero-order valence-electron chi connectivity index (χ0n) is 10.6. The first-order valence-corrected chi connectivity index (χ1v) is 6.31. The number of hydrogen-bond donors (Lipinski definition) is 4. The first-order chi connectivity index (χ1) is 9.56. The number of nitrogens with two attached hydrogens (primary N) is 1. The molecular weight excluding hydrogens is 278 g/mol.